The normalized spacial score (nSPS) is 16.7. The van der Waals surface area contributed by atoms with E-state index in [-0.39, 0.29) is 23.3 Å². The number of ether oxygens (including phenoxy) is 1. The predicted octanol–water partition coefficient (Wildman–Crippen LogP) is 3.58. The lowest BCUT2D eigenvalue weighted by Crippen LogP contribution is -2.31. The highest BCUT2D eigenvalue weighted by Gasteiger charge is 2.38. The van der Waals surface area contributed by atoms with Crippen molar-refractivity contribution in [2.24, 2.45) is 0 Å². The number of carbonyl (C=O) groups is 1. The topological polar surface area (TPSA) is 81.4 Å². The van der Waals surface area contributed by atoms with Crippen LogP contribution in [0.25, 0.3) is 11.4 Å². The van der Waals surface area contributed by atoms with E-state index < -0.39 is 23.7 Å². The van der Waals surface area contributed by atoms with E-state index in [0.29, 0.717) is 25.1 Å². The third-order valence-corrected chi connectivity index (χ3v) is 4.49. The summed E-state index contributed by atoms with van der Waals surface area (Å²) in [6.07, 6.45) is -1.56. The number of benzene rings is 1. The van der Waals surface area contributed by atoms with Gasteiger partial charge in [0.05, 0.1) is 17.7 Å². The summed E-state index contributed by atoms with van der Waals surface area (Å²) in [4.78, 5) is 21.1. The first kappa shape index (κ1) is 19.8. The summed E-state index contributed by atoms with van der Waals surface area (Å²) in [6.45, 7) is 0.791. The van der Waals surface area contributed by atoms with Gasteiger partial charge in [-0.1, -0.05) is 5.16 Å². The fraction of sp³-hybridized carbons (Fsp3) is 0.263. The SMILES string of the molecule is O=C(c1cccnc1)N1CC[C@H](Oc2ccc(-c3noc(C(F)(F)F)n3)c(F)c2)C1. The number of rotatable bonds is 4. The Hall–Kier alpha value is -3.50. The first-order valence-electron chi connectivity index (χ1n) is 8.88. The number of pyridine rings is 1. The molecule has 1 fully saturated rings. The van der Waals surface area contributed by atoms with E-state index in [4.69, 9.17) is 4.74 Å². The first-order chi connectivity index (χ1) is 14.3. The molecule has 1 aliphatic heterocycles. The van der Waals surface area contributed by atoms with Gasteiger partial charge in [-0.3, -0.25) is 9.78 Å². The maximum atomic E-state index is 14.4. The molecule has 0 radical (unpaired) electrons. The van der Waals surface area contributed by atoms with Crippen LogP contribution in [-0.2, 0) is 6.18 Å². The molecule has 1 saturated heterocycles. The molecule has 0 saturated carbocycles. The van der Waals surface area contributed by atoms with Crippen molar-refractivity contribution in [1.82, 2.24) is 20.0 Å². The number of amides is 1. The number of hydrogen-bond acceptors (Lipinski definition) is 6. The molecule has 1 amide bonds. The fourth-order valence-electron chi connectivity index (χ4n) is 3.07. The van der Waals surface area contributed by atoms with Crippen LogP contribution in [0.5, 0.6) is 5.75 Å². The van der Waals surface area contributed by atoms with Gasteiger partial charge in [0.25, 0.3) is 5.91 Å². The van der Waals surface area contributed by atoms with Crippen molar-refractivity contribution in [2.45, 2.75) is 18.7 Å². The Labute approximate surface area is 167 Å². The Morgan fingerprint density at radius 3 is 2.77 bits per heavy atom. The van der Waals surface area contributed by atoms with Crippen molar-refractivity contribution in [3.8, 4) is 17.1 Å². The molecule has 1 aromatic carbocycles. The highest BCUT2D eigenvalue weighted by Crippen LogP contribution is 2.31. The van der Waals surface area contributed by atoms with Gasteiger partial charge in [0, 0.05) is 31.4 Å². The molecule has 0 spiro atoms. The summed E-state index contributed by atoms with van der Waals surface area (Å²) < 4.78 is 61.9. The second kappa shape index (κ2) is 7.73. The van der Waals surface area contributed by atoms with Gasteiger partial charge in [-0.05, 0) is 24.3 Å². The number of carbonyl (C=O) groups excluding carboxylic acids is 1. The predicted molar refractivity (Wildman–Crippen MR) is 93.9 cm³/mol. The largest absolute Gasteiger partial charge is 0.488 e. The monoisotopic (exact) mass is 422 g/mol. The van der Waals surface area contributed by atoms with Crippen LogP contribution in [-0.4, -0.2) is 45.1 Å². The molecule has 4 rings (SSSR count). The summed E-state index contributed by atoms with van der Waals surface area (Å²) in [5.74, 6) is -2.92. The van der Waals surface area contributed by atoms with Gasteiger partial charge in [0.2, 0.25) is 5.82 Å². The first-order valence-corrected chi connectivity index (χ1v) is 8.88. The number of alkyl halides is 3. The van der Waals surface area contributed by atoms with Gasteiger partial charge in [-0.15, -0.1) is 0 Å². The molecule has 0 unspecified atom stereocenters. The van der Waals surface area contributed by atoms with Crippen LogP contribution < -0.4 is 4.74 Å². The summed E-state index contributed by atoms with van der Waals surface area (Å²) in [7, 11) is 0. The zero-order chi connectivity index (χ0) is 21.3. The number of halogens is 4. The summed E-state index contributed by atoms with van der Waals surface area (Å²) in [5, 5.41) is 3.17. The molecule has 3 aromatic rings. The van der Waals surface area contributed by atoms with E-state index >= 15 is 0 Å². The van der Waals surface area contributed by atoms with E-state index in [1.54, 1.807) is 23.2 Å². The minimum atomic E-state index is -4.81. The van der Waals surface area contributed by atoms with Crippen molar-refractivity contribution in [1.29, 1.82) is 0 Å². The summed E-state index contributed by atoms with van der Waals surface area (Å²) in [5.41, 5.74) is 0.216. The molecule has 0 aliphatic carbocycles. The lowest BCUT2D eigenvalue weighted by atomic mass is 10.2. The molecule has 1 aliphatic rings. The van der Waals surface area contributed by atoms with Crippen LogP contribution in [0.15, 0.2) is 47.2 Å². The second-order valence-corrected chi connectivity index (χ2v) is 6.58. The Morgan fingerprint density at radius 1 is 1.27 bits per heavy atom. The van der Waals surface area contributed by atoms with Crippen molar-refractivity contribution in [2.75, 3.05) is 13.1 Å². The van der Waals surface area contributed by atoms with Gasteiger partial charge >= 0.3 is 12.1 Å². The maximum absolute atomic E-state index is 14.4. The highest BCUT2D eigenvalue weighted by molar-refractivity contribution is 5.94. The molecule has 0 N–H and O–H groups in total. The van der Waals surface area contributed by atoms with E-state index in [9.17, 15) is 22.4 Å². The highest BCUT2D eigenvalue weighted by atomic mass is 19.4. The third-order valence-electron chi connectivity index (χ3n) is 4.49. The Balaban J connectivity index is 1.42. The average molecular weight is 422 g/mol. The smallest absolute Gasteiger partial charge is 0.471 e. The quantitative estimate of drug-likeness (QED) is 0.598. The Morgan fingerprint density at radius 2 is 2.10 bits per heavy atom. The van der Waals surface area contributed by atoms with Gasteiger partial charge < -0.3 is 14.2 Å². The lowest BCUT2D eigenvalue weighted by Gasteiger charge is -2.17. The molecule has 11 heteroatoms. The van der Waals surface area contributed by atoms with Crippen LogP contribution in [0.1, 0.15) is 22.7 Å². The summed E-state index contributed by atoms with van der Waals surface area (Å²) >= 11 is 0. The van der Waals surface area contributed by atoms with Crippen molar-refractivity contribution < 1.29 is 31.6 Å². The Kier molecular flexibility index (Phi) is 5.10. The van der Waals surface area contributed by atoms with Crippen molar-refractivity contribution >= 4 is 5.91 Å². The zero-order valence-electron chi connectivity index (χ0n) is 15.3. The van der Waals surface area contributed by atoms with Gasteiger partial charge in [-0.2, -0.15) is 18.2 Å². The molecule has 2 aromatic heterocycles. The van der Waals surface area contributed by atoms with Gasteiger partial charge in [0.15, 0.2) is 0 Å². The molecular formula is C19H14F4N4O3. The van der Waals surface area contributed by atoms with Crippen LogP contribution in [0.3, 0.4) is 0 Å². The average Bonchev–Trinajstić information content (AvgIpc) is 3.38. The molecule has 0 bridgehead atoms. The van der Waals surface area contributed by atoms with E-state index in [1.807, 2.05) is 0 Å². The Bertz CT molecular complexity index is 1060. The van der Waals surface area contributed by atoms with Crippen LogP contribution in [0.4, 0.5) is 17.6 Å². The van der Waals surface area contributed by atoms with Crippen LogP contribution >= 0.6 is 0 Å². The number of hydrogen-bond donors (Lipinski definition) is 0. The van der Waals surface area contributed by atoms with E-state index in [1.165, 1.54) is 18.3 Å². The number of nitrogens with zero attached hydrogens (tertiary/aromatic N) is 4. The molecule has 156 valence electrons. The van der Waals surface area contributed by atoms with Crippen molar-refractivity contribution in [3.63, 3.8) is 0 Å². The number of aromatic nitrogens is 3. The van der Waals surface area contributed by atoms with Crippen LogP contribution in [0, 0.1) is 5.82 Å². The minimum Gasteiger partial charge on any atom is -0.488 e. The van der Waals surface area contributed by atoms with Gasteiger partial charge in [0.1, 0.15) is 17.7 Å². The maximum Gasteiger partial charge on any atom is 0.471 e. The molecule has 7 nitrogen and oxygen atoms in total. The van der Waals surface area contributed by atoms with Crippen LogP contribution in [0.2, 0.25) is 0 Å². The third kappa shape index (κ3) is 4.09. The standard InChI is InChI=1S/C19H14F4N4O3/c20-15-8-12(3-4-14(15)16-25-18(30-26-16)19(21,22)23)29-13-5-7-27(10-13)17(28)11-2-1-6-24-9-11/h1-4,6,8-9,13H,5,7,10H2/t13-/m0/s1. The van der Waals surface area contributed by atoms with Gasteiger partial charge in [-0.25, -0.2) is 4.39 Å². The van der Waals surface area contributed by atoms with E-state index in [0.717, 1.165) is 6.07 Å². The molecular weight excluding hydrogens is 408 g/mol. The molecule has 3 heterocycles. The second-order valence-electron chi connectivity index (χ2n) is 6.58. The minimum absolute atomic E-state index is 0.173. The number of likely N-dealkylation sites (tertiary alicyclic amines) is 1. The zero-order valence-corrected chi connectivity index (χ0v) is 15.3. The van der Waals surface area contributed by atoms with Crippen molar-refractivity contribution in [3.05, 3.63) is 60.0 Å². The molecule has 1 atom stereocenters. The van der Waals surface area contributed by atoms with E-state index in [2.05, 4.69) is 19.6 Å². The fourth-order valence-corrected chi connectivity index (χ4v) is 3.07. The summed E-state index contributed by atoms with van der Waals surface area (Å²) in [6, 6.07) is 6.98. The molecule has 30 heavy (non-hydrogen) atoms. The lowest BCUT2D eigenvalue weighted by molar-refractivity contribution is -0.159.